The van der Waals surface area contributed by atoms with Gasteiger partial charge in [0.25, 0.3) is 0 Å². The molecular weight excluding hydrogens is 274 g/mol. The number of rotatable bonds is 1. The molecule has 2 radical (unpaired) electrons. The van der Waals surface area contributed by atoms with E-state index in [-0.39, 0.29) is 0 Å². The van der Waals surface area contributed by atoms with E-state index in [1.54, 1.807) is 0 Å². The zero-order chi connectivity index (χ0) is 15.4. The predicted octanol–water partition coefficient (Wildman–Crippen LogP) is 4.14. The van der Waals surface area contributed by atoms with E-state index < -0.39 is 0 Å². The van der Waals surface area contributed by atoms with Crippen LogP contribution in [0.4, 0.5) is 5.69 Å². The van der Waals surface area contributed by atoms with Crippen LogP contribution in [-0.4, -0.2) is 16.9 Å². The molecule has 1 aromatic carbocycles. The van der Waals surface area contributed by atoms with E-state index in [4.69, 9.17) is 4.42 Å². The third-order valence-electron chi connectivity index (χ3n) is 4.19. The molecule has 1 aliphatic heterocycles. The molecule has 4 rings (SSSR count). The molecule has 3 heterocycles. The second-order valence-corrected chi connectivity index (χ2v) is 5.71. The fourth-order valence-electron chi connectivity index (χ4n) is 2.91. The van der Waals surface area contributed by atoms with Crippen LogP contribution in [0.3, 0.4) is 0 Å². The van der Waals surface area contributed by atoms with Gasteiger partial charge in [-0.3, -0.25) is 0 Å². The average molecular weight is 291 g/mol. The highest BCUT2D eigenvalue weighted by molar-refractivity contribution is 6.09. The molecule has 2 aromatic heterocycles. The molecular formula is C18H17N3O. The lowest BCUT2D eigenvalue weighted by Gasteiger charge is -2.26. The number of benzene rings is 1. The highest BCUT2D eigenvalue weighted by atomic mass is 16.3. The van der Waals surface area contributed by atoms with Gasteiger partial charge in [0, 0.05) is 35.9 Å². The summed E-state index contributed by atoms with van der Waals surface area (Å²) in [4.78, 5) is 8.56. The van der Waals surface area contributed by atoms with Crippen LogP contribution < -0.4 is 4.90 Å². The molecule has 4 heteroatoms. The zero-order valence-electron chi connectivity index (χ0n) is 12.9. The second-order valence-electron chi connectivity index (χ2n) is 5.71. The summed E-state index contributed by atoms with van der Waals surface area (Å²) in [5.41, 5.74) is 4.66. The minimum absolute atomic E-state index is 0.684. The Hall–Kier alpha value is -2.49. The highest BCUT2D eigenvalue weighted by Crippen LogP contribution is 2.40. The number of nitrogens with zero attached hydrogens (tertiary/aromatic N) is 3. The number of furan rings is 1. The van der Waals surface area contributed by atoms with Crippen LogP contribution in [0.5, 0.6) is 0 Å². The van der Waals surface area contributed by atoms with E-state index in [9.17, 15) is 0 Å². The quantitative estimate of drug-likeness (QED) is 0.674. The van der Waals surface area contributed by atoms with Gasteiger partial charge in [0.05, 0.1) is 5.69 Å². The van der Waals surface area contributed by atoms with E-state index in [0.717, 1.165) is 39.5 Å². The van der Waals surface area contributed by atoms with Gasteiger partial charge < -0.3 is 14.2 Å². The van der Waals surface area contributed by atoms with Crippen molar-refractivity contribution < 1.29 is 4.42 Å². The maximum Gasteiger partial charge on any atom is 0.227 e. The largest absolute Gasteiger partial charge is 0.435 e. The molecule has 0 bridgehead atoms. The van der Waals surface area contributed by atoms with Crippen LogP contribution in [0, 0.1) is 26.9 Å². The normalized spacial score (nSPS) is 15.6. The summed E-state index contributed by atoms with van der Waals surface area (Å²) in [7, 11) is 1.98. The van der Waals surface area contributed by atoms with E-state index in [0.29, 0.717) is 5.71 Å². The highest BCUT2D eigenvalue weighted by Gasteiger charge is 2.26. The molecule has 0 amide bonds. The first-order valence-electron chi connectivity index (χ1n) is 7.25. The number of fused-ring (bicyclic) bond motifs is 3. The van der Waals surface area contributed by atoms with Gasteiger partial charge in [-0.25, -0.2) is 4.98 Å². The standard InChI is InChI=1S/C18H17N3O/c1-11-5-7-14-15-8-6-12(2)19-18(15)22-17(14)16(11)21-10-9-20(4)13(21)3/h5-10H,3H2,1-2,4H3. The van der Waals surface area contributed by atoms with E-state index in [1.165, 1.54) is 0 Å². The van der Waals surface area contributed by atoms with Gasteiger partial charge in [-0.15, -0.1) is 0 Å². The second kappa shape index (κ2) is 4.50. The van der Waals surface area contributed by atoms with Crippen LogP contribution in [-0.2, 0) is 0 Å². The third-order valence-corrected chi connectivity index (χ3v) is 4.19. The van der Waals surface area contributed by atoms with Crippen molar-refractivity contribution in [2.75, 3.05) is 11.9 Å². The Morgan fingerprint density at radius 2 is 1.82 bits per heavy atom. The SMILES string of the molecule is [CH2][C]1N(C)C=CN1c1c(C)ccc2c1oc1nc(C)ccc12. The Morgan fingerprint density at radius 3 is 2.55 bits per heavy atom. The molecule has 4 nitrogen and oxygen atoms in total. The van der Waals surface area contributed by atoms with E-state index in [1.807, 2.05) is 37.3 Å². The Bertz CT molecular complexity index is 909. The molecule has 3 aromatic rings. The minimum atomic E-state index is 0.684. The molecule has 22 heavy (non-hydrogen) atoms. The first-order chi connectivity index (χ1) is 10.6. The van der Waals surface area contributed by atoms with E-state index >= 15 is 0 Å². The summed E-state index contributed by atoms with van der Waals surface area (Å²) in [5.74, 6) is 0. The van der Waals surface area contributed by atoms with Gasteiger partial charge in [0.1, 0.15) is 0 Å². The number of hydrogen-bond donors (Lipinski definition) is 0. The molecule has 0 spiro atoms. The van der Waals surface area contributed by atoms with Gasteiger partial charge in [0.15, 0.2) is 11.7 Å². The predicted molar refractivity (Wildman–Crippen MR) is 89.0 cm³/mol. The summed E-state index contributed by atoms with van der Waals surface area (Å²) in [6.07, 6.45) is 4.90. The summed E-state index contributed by atoms with van der Waals surface area (Å²) in [6, 6.07) is 8.30. The van der Waals surface area contributed by atoms with Crippen molar-refractivity contribution >= 4 is 27.8 Å². The number of anilines is 1. The van der Waals surface area contributed by atoms with Crippen molar-refractivity contribution in [3.63, 3.8) is 0 Å². The Labute approximate surface area is 129 Å². The van der Waals surface area contributed by atoms with Gasteiger partial charge in [-0.1, -0.05) is 12.1 Å². The Kier molecular flexibility index (Phi) is 2.70. The van der Waals surface area contributed by atoms with Crippen LogP contribution in [0.1, 0.15) is 11.3 Å². The summed E-state index contributed by atoms with van der Waals surface area (Å²) >= 11 is 0. The number of hydrogen-bond acceptors (Lipinski definition) is 4. The average Bonchev–Trinajstić information content (AvgIpc) is 3.00. The topological polar surface area (TPSA) is 32.5 Å². The molecule has 0 saturated carbocycles. The van der Waals surface area contributed by atoms with Gasteiger partial charge in [-0.2, -0.15) is 0 Å². The Balaban J connectivity index is 2.03. The lowest BCUT2D eigenvalue weighted by molar-refractivity contribution is 0.517. The molecule has 110 valence electrons. The number of aryl methyl sites for hydroxylation is 2. The van der Waals surface area contributed by atoms with Crippen molar-refractivity contribution in [3.8, 4) is 0 Å². The monoisotopic (exact) mass is 291 g/mol. The van der Waals surface area contributed by atoms with Crippen LogP contribution in [0.15, 0.2) is 41.1 Å². The van der Waals surface area contributed by atoms with Gasteiger partial charge in [0.2, 0.25) is 5.71 Å². The zero-order valence-corrected chi connectivity index (χ0v) is 12.9. The number of aromatic nitrogens is 1. The smallest absolute Gasteiger partial charge is 0.227 e. The van der Waals surface area contributed by atoms with Crippen molar-refractivity contribution in [2.24, 2.45) is 0 Å². The molecule has 0 unspecified atom stereocenters. The molecule has 0 saturated heterocycles. The maximum absolute atomic E-state index is 6.09. The van der Waals surface area contributed by atoms with E-state index in [2.05, 4.69) is 41.9 Å². The molecule has 0 N–H and O–H groups in total. The Morgan fingerprint density at radius 1 is 1.05 bits per heavy atom. The van der Waals surface area contributed by atoms with Crippen LogP contribution in [0.25, 0.3) is 22.1 Å². The maximum atomic E-state index is 6.09. The van der Waals surface area contributed by atoms with Gasteiger partial charge >= 0.3 is 0 Å². The first kappa shape index (κ1) is 13.2. The molecule has 0 atom stereocenters. The molecule has 0 aliphatic carbocycles. The summed E-state index contributed by atoms with van der Waals surface area (Å²) in [5, 5.41) is 2.13. The fraction of sp³-hybridized carbons (Fsp3) is 0.167. The number of pyridine rings is 1. The van der Waals surface area contributed by atoms with Crippen molar-refractivity contribution in [1.82, 2.24) is 9.88 Å². The van der Waals surface area contributed by atoms with Crippen LogP contribution in [0.2, 0.25) is 0 Å². The fourth-order valence-corrected chi connectivity index (χ4v) is 2.91. The first-order valence-corrected chi connectivity index (χ1v) is 7.25. The van der Waals surface area contributed by atoms with Crippen molar-refractivity contribution in [2.45, 2.75) is 13.8 Å². The van der Waals surface area contributed by atoms with Gasteiger partial charge in [-0.05, 0) is 38.5 Å². The summed E-state index contributed by atoms with van der Waals surface area (Å²) < 4.78 is 6.09. The molecule has 1 aliphatic rings. The lowest BCUT2D eigenvalue weighted by Crippen LogP contribution is -2.26. The molecule has 0 fully saturated rings. The lowest BCUT2D eigenvalue weighted by atomic mass is 10.1. The van der Waals surface area contributed by atoms with Crippen LogP contribution >= 0.6 is 0 Å². The van der Waals surface area contributed by atoms with Crippen molar-refractivity contribution in [1.29, 1.82) is 0 Å². The summed E-state index contributed by atoms with van der Waals surface area (Å²) in [6.45, 7) is 8.20. The third kappa shape index (κ3) is 1.73. The van der Waals surface area contributed by atoms with Crippen molar-refractivity contribution in [3.05, 3.63) is 61.0 Å². The minimum Gasteiger partial charge on any atom is -0.435 e.